The second kappa shape index (κ2) is 11.9. The van der Waals surface area contributed by atoms with E-state index in [1.165, 1.54) is 10.6 Å². The van der Waals surface area contributed by atoms with Gasteiger partial charge < -0.3 is 10.6 Å². The van der Waals surface area contributed by atoms with Crippen molar-refractivity contribution in [3.05, 3.63) is 125 Å². The van der Waals surface area contributed by atoms with Crippen LogP contribution < -0.4 is 14.9 Å². The van der Waals surface area contributed by atoms with E-state index in [9.17, 15) is 18.0 Å². The molecule has 0 atom stereocenters. The van der Waals surface area contributed by atoms with E-state index in [0.29, 0.717) is 29.0 Å². The summed E-state index contributed by atoms with van der Waals surface area (Å²) in [5, 5.41) is 5.66. The number of nitrogens with zero attached hydrogens (tertiary/aromatic N) is 2. The van der Waals surface area contributed by atoms with E-state index in [1.807, 2.05) is 38.1 Å². The summed E-state index contributed by atoms with van der Waals surface area (Å²) in [6.45, 7) is 4.20. The number of rotatable bonds is 9. The van der Waals surface area contributed by atoms with Crippen LogP contribution >= 0.6 is 0 Å². The van der Waals surface area contributed by atoms with Gasteiger partial charge in [-0.1, -0.05) is 48.5 Å². The van der Waals surface area contributed by atoms with Gasteiger partial charge in [-0.3, -0.25) is 18.9 Å². The smallest absolute Gasteiger partial charge is 0.255 e. The molecule has 8 nitrogen and oxygen atoms in total. The Morgan fingerprint density at radius 1 is 0.821 bits per heavy atom. The molecule has 0 aliphatic heterocycles. The number of hydrogen-bond donors (Lipinski definition) is 2. The molecule has 0 fully saturated rings. The molecule has 0 unspecified atom stereocenters. The van der Waals surface area contributed by atoms with Crippen LogP contribution in [0.4, 0.5) is 11.4 Å². The van der Waals surface area contributed by atoms with Crippen molar-refractivity contribution in [1.29, 1.82) is 0 Å². The van der Waals surface area contributed by atoms with Crippen LogP contribution in [0.15, 0.2) is 91.3 Å². The van der Waals surface area contributed by atoms with Gasteiger partial charge in [-0.15, -0.1) is 0 Å². The number of para-hydroxylation sites is 2. The molecular weight excluding hydrogens is 512 g/mol. The molecule has 9 heteroatoms. The number of aryl methyl sites for hydroxylation is 2. The fraction of sp³-hybridized carbons (Fsp3) is 0.167. The molecule has 200 valence electrons. The van der Waals surface area contributed by atoms with Gasteiger partial charge in [0.2, 0.25) is 10.0 Å². The Balaban J connectivity index is 1.47. The number of hydrogen-bond acceptors (Lipinski definition) is 5. The lowest BCUT2D eigenvalue weighted by Gasteiger charge is -2.26. The highest BCUT2D eigenvalue weighted by Crippen LogP contribution is 2.28. The molecule has 0 bridgehead atoms. The van der Waals surface area contributed by atoms with Gasteiger partial charge in [0, 0.05) is 24.5 Å². The molecule has 3 aromatic carbocycles. The summed E-state index contributed by atoms with van der Waals surface area (Å²) in [5.41, 5.74) is 5.06. The molecule has 0 aliphatic rings. The molecule has 4 aromatic rings. The van der Waals surface area contributed by atoms with E-state index in [1.54, 1.807) is 67.0 Å². The first kappa shape index (κ1) is 27.5. The molecule has 0 radical (unpaired) electrons. The Kier molecular flexibility index (Phi) is 8.41. The summed E-state index contributed by atoms with van der Waals surface area (Å²) in [4.78, 5) is 29.9. The molecule has 2 amide bonds. The second-order valence-corrected chi connectivity index (χ2v) is 11.2. The van der Waals surface area contributed by atoms with E-state index in [4.69, 9.17) is 0 Å². The van der Waals surface area contributed by atoms with E-state index in [-0.39, 0.29) is 18.4 Å². The normalized spacial score (nSPS) is 11.1. The highest BCUT2D eigenvalue weighted by atomic mass is 32.2. The SMILES string of the molecule is Cc1cccc(C)c1N(Cc1ccc(C(=O)Nc2ccccc2C(=O)NCc2cccnc2)cc1)S(C)(=O)=O. The van der Waals surface area contributed by atoms with Crippen LogP contribution in [-0.4, -0.2) is 31.5 Å². The van der Waals surface area contributed by atoms with Gasteiger partial charge in [0.1, 0.15) is 0 Å². The molecule has 1 aromatic heterocycles. The molecular formula is C30H30N4O4S. The third-order valence-electron chi connectivity index (χ3n) is 6.23. The largest absolute Gasteiger partial charge is 0.348 e. The number of aromatic nitrogens is 1. The minimum absolute atomic E-state index is 0.131. The maximum atomic E-state index is 13.0. The van der Waals surface area contributed by atoms with Crippen molar-refractivity contribution >= 4 is 33.2 Å². The fourth-order valence-corrected chi connectivity index (χ4v) is 5.26. The molecule has 2 N–H and O–H groups in total. The summed E-state index contributed by atoms with van der Waals surface area (Å²) in [5.74, 6) is -0.707. The van der Waals surface area contributed by atoms with Crippen LogP contribution in [0, 0.1) is 13.8 Å². The number of carbonyl (C=O) groups is 2. The average molecular weight is 543 g/mol. The van der Waals surface area contributed by atoms with Gasteiger partial charge >= 0.3 is 0 Å². The first-order valence-corrected chi connectivity index (χ1v) is 14.2. The third-order valence-corrected chi connectivity index (χ3v) is 7.34. The zero-order valence-electron chi connectivity index (χ0n) is 22.0. The summed E-state index contributed by atoms with van der Waals surface area (Å²) < 4.78 is 26.7. The monoisotopic (exact) mass is 542 g/mol. The lowest BCUT2D eigenvalue weighted by molar-refractivity contribution is 0.0951. The standard InChI is InChI=1S/C30H30N4O4S/c1-21-8-6-9-22(2)28(21)34(39(3,37)38)20-23-13-15-25(16-14-23)29(35)33-27-12-5-4-11-26(27)30(36)32-19-24-10-7-17-31-18-24/h4-18H,19-20H2,1-3H3,(H,32,36)(H,33,35). The maximum Gasteiger partial charge on any atom is 0.255 e. The molecule has 0 saturated heterocycles. The Morgan fingerprint density at radius 3 is 2.15 bits per heavy atom. The van der Waals surface area contributed by atoms with Crippen molar-refractivity contribution in [2.45, 2.75) is 26.9 Å². The predicted molar refractivity (Wildman–Crippen MR) is 153 cm³/mol. The Bertz CT molecular complexity index is 1570. The molecule has 0 spiro atoms. The van der Waals surface area contributed by atoms with Crippen molar-refractivity contribution in [3.8, 4) is 0 Å². The number of pyridine rings is 1. The van der Waals surface area contributed by atoms with Gasteiger partial charge in [0.05, 0.1) is 29.7 Å². The van der Waals surface area contributed by atoms with Crippen LogP contribution in [0.2, 0.25) is 0 Å². The highest BCUT2D eigenvalue weighted by molar-refractivity contribution is 7.92. The van der Waals surface area contributed by atoms with Crippen LogP contribution in [0.25, 0.3) is 0 Å². The van der Waals surface area contributed by atoms with Crippen LogP contribution in [0.5, 0.6) is 0 Å². The molecule has 39 heavy (non-hydrogen) atoms. The number of carbonyl (C=O) groups excluding carboxylic acids is 2. The first-order valence-electron chi connectivity index (χ1n) is 12.3. The molecule has 0 aliphatic carbocycles. The quantitative estimate of drug-likeness (QED) is 0.314. The topological polar surface area (TPSA) is 108 Å². The zero-order valence-corrected chi connectivity index (χ0v) is 22.8. The summed E-state index contributed by atoms with van der Waals surface area (Å²) in [6.07, 6.45) is 4.52. The minimum Gasteiger partial charge on any atom is -0.348 e. The van der Waals surface area contributed by atoms with Crippen molar-refractivity contribution in [3.63, 3.8) is 0 Å². The van der Waals surface area contributed by atoms with Crippen molar-refractivity contribution in [2.75, 3.05) is 15.9 Å². The van der Waals surface area contributed by atoms with Crippen LogP contribution in [0.3, 0.4) is 0 Å². The second-order valence-electron chi connectivity index (χ2n) is 9.25. The van der Waals surface area contributed by atoms with Crippen LogP contribution in [0.1, 0.15) is 43.0 Å². The van der Waals surface area contributed by atoms with Gasteiger partial charge in [0.25, 0.3) is 11.8 Å². The lowest BCUT2D eigenvalue weighted by atomic mass is 10.1. The van der Waals surface area contributed by atoms with Gasteiger partial charge in [-0.25, -0.2) is 8.42 Å². The van der Waals surface area contributed by atoms with Gasteiger partial charge in [-0.2, -0.15) is 0 Å². The van der Waals surface area contributed by atoms with E-state index in [0.717, 1.165) is 22.3 Å². The number of anilines is 2. The zero-order chi connectivity index (χ0) is 28.0. The minimum atomic E-state index is -3.55. The number of nitrogens with one attached hydrogen (secondary N) is 2. The van der Waals surface area contributed by atoms with Gasteiger partial charge in [0.15, 0.2) is 0 Å². The van der Waals surface area contributed by atoms with Gasteiger partial charge in [-0.05, 0) is 66.4 Å². The molecule has 4 rings (SSSR count). The van der Waals surface area contributed by atoms with Crippen molar-refractivity contribution < 1.29 is 18.0 Å². The Hall–Kier alpha value is -4.50. The number of sulfonamides is 1. The molecule has 0 saturated carbocycles. The van der Waals surface area contributed by atoms with E-state index in [2.05, 4.69) is 15.6 Å². The lowest BCUT2D eigenvalue weighted by Crippen LogP contribution is -2.30. The predicted octanol–water partition coefficient (Wildman–Crippen LogP) is 4.85. The summed E-state index contributed by atoms with van der Waals surface area (Å²) in [7, 11) is -3.55. The maximum absolute atomic E-state index is 13.0. The third kappa shape index (κ3) is 6.88. The summed E-state index contributed by atoms with van der Waals surface area (Å²) in [6, 6.07) is 22.8. The van der Waals surface area contributed by atoms with Crippen molar-refractivity contribution in [2.24, 2.45) is 0 Å². The average Bonchev–Trinajstić information content (AvgIpc) is 2.91. The van der Waals surface area contributed by atoms with Crippen molar-refractivity contribution in [1.82, 2.24) is 10.3 Å². The first-order chi connectivity index (χ1) is 18.6. The fourth-order valence-electron chi connectivity index (χ4n) is 4.25. The Morgan fingerprint density at radius 2 is 1.51 bits per heavy atom. The molecule has 1 heterocycles. The number of amides is 2. The summed E-state index contributed by atoms with van der Waals surface area (Å²) >= 11 is 0. The van der Waals surface area contributed by atoms with E-state index < -0.39 is 10.0 Å². The number of benzene rings is 3. The highest BCUT2D eigenvalue weighted by Gasteiger charge is 2.22. The Labute approximate surface area is 228 Å². The van der Waals surface area contributed by atoms with E-state index >= 15 is 0 Å². The van der Waals surface area contributed by atoms with Crippen LogP contribution in [-0.2, 0) is 23.1 Å².